The molecule has 0 aliphatic carbocycles. The van der Waals surface area contributed by atoms with Crippen LogP contribution in [0.3, 0.4) is 0 Å². The second-order valence-electron chi connectivity index (χ2n) is 6.88. The van der Waals surface area contributed by atoms with Crippen molar-refractivity contribution < 1.29 is 14.6 Å². The molecule has 2 aromatic carbocycles. The normalized spacial score (nSPS) is 11.2. The van der Waals surface area contributed by atoms with Crippen molar-refractivity contribution in [1.29, 1.82) is 0 Å². The van der Waals surface area contributed by atoms with Gasteiger partial charge in [0.1, 0.15) is 0 Å². The Labute approximate surface area is 143 Å². The van der Waals surface area contributed by atoms with Crippen molar-refractivity contribution in [2.45, 2.75) is 39.0 Å². The molecular formula is C20H25NO3. The van der Waals surface area contributed by atoms with Crippen LogP contribution in [-0.2, 0) is 16.6 Å². The Bertz CT molecular complexity index is 700. The predicted molar refractivity (Wildman–Crippen MR) is 96.8 cm³/mol. The molecule has 2 aromatic rings. The van der Waals surface area contributed by atoms with Crippen molar-refractivity contribution >= 4 is 11.6 Å². The number of carbonyl (C=O) groups is 1. The molecule has 0 bridgehead atoms. The van der Waals surface area contributed by atoms with Crippen LogP contribution < -0.4 is 10.1 Å². The van der Waals surface area contributed by atoms with Gasteiger partial charge in [-0.15, -0.1) is 0 Å². The van der Waals surface area contributed by atoms with E-state index in [4.69, 9.17) is 4.74 Å². The maximum Gasteiger partial charge on any atom is 0.224 e. The first-order valence-corrected chi connectivity index (χ1v) is 8.06. The molecule has 0 aliphatic rings. The Hall–Kier alpha value is -2.49. The molecular weight excluding hydrogens is 302 g/mol. The molecule has 24 heavy (non-hydrogen) atoms. The van der Waals surface area contributed by atoms with Gasteiger partial charge in [0.25, 0.3) is 0 Å². The van der Waals surface area contributed by atoms with Gasteiger partial charge in [0.2, 0.25) is 5.91 Å². The average molecular weight is 327 g/mol. The fourth-order valence-electron chi connectivity index (χ4n) is 2.42. The highest BCUT2D eigenvalue weighted by atomic mass is 16.5. The van der Waals surface area contributed by atoms with Gasteiger partial charge in [-0.25, -0.2) is 0 Å². The fourth-order valence-corrected chi connectivity index (χ4v) is 2.42. The van der Waals surface area contributed by atoms with Crippen molar-refractivity contribution in [3.8, 4) is 11.5 Å². The number of amides is 1. The van der Waals surface area contributed by atoms with Gasteiger partial charge in [0.05, 0.1) is 7.11 Å². The van der Waals surface area contributed by atoms with Crippen LogP contribution in [0.1, 0.15) is 38.3 Å². The van der Waals surface area contributed by atoms with Gasteiger partial charge < -0.3 is 15.2 Å². The lowest BCUT2D eigenvalue weighted by Crippen LogP contribution is -2.13. The van der Waals surface area contributed by atoms with Gasteiger partial charge in [-0.2, -0.15) is 0 Å². The first-order chi connectivity index (χ1) is 11.3. The fraction of sp³-hybridized carbons (Fsp3) is 0.350. The number of phenolic OH excluding ortho intramolecular Hbond substituents is 1. The molecule has 4 nitrogen and oxygen atoms in total. The summed E-state index contributed by atoms with van der Waals surface area (Å²) in [5, 5.41) is 12.5. The Morgan fingerprint density at radius 1 is 1.12 bits per heavy atom. The monoisotopic (exact) mass is 327 g/mol. The van der Waals surface area contributed by atoms with Crippen LogP contribution in [-0.4, -0.2) is 18.1 Å². The minimum Gasteiger partial charge on any atom is -0.504 e. The number of aryl methyl sites for hydroxylation is 1. The first kappa shape index (κ1) is 17.9. The van der Waals surface area contributed by atoms with Crippen LogP contribution in [0.5, 0.6) is 11.5 Å². The van der Waals surface area contributed by atoms with Gasteiger partial charge in [0.15, 0.2) is 11.5 Å². The van der Waals surface area contributed by atoms with Crippen LogP contribution >= 0.6 is 0 Å². The summed E-state index contributed by atoms with van der Waals surface area (Å²) in [4.78, 5) is 12.1. The molecule has 2 N–H and O–H groups in total. The molecule has 128 valence electrons. The Morgan fingerprint density at radius 2 is 1.79 bits per heavy atom. The van der Waals surface area contributed by atoms with Gasteiger partial charge in [-0.05, 0) is 35.1 Å². The first-order valence-electron chi connectivity index (χ1n) is 8.06. The maximum atomic E-state index is 12.1. The molecule has 0 aromatic heterocycles. The molecule has 0 heterocycles. The highest BCUT2D eigenvalue weighted by molar-refractivity contribution is 5.91. The minimum absolute atomic E-state index is 0.00747. The third-order valence-electron chi connectivity index (χ3n) is 3.92. The molecule has 1 amide bonds. The van der Waals surface area contributed by atoms with Crippen molar-refractivity contribution in [3.63, 3.8) is 0 Å². The van der Waals surface area contributed by atoms with Crippen LogP contribution in [0.15, 0.2) is 42.5 Å². The SMILES string of the molecule is COc1ccc(NC(=O)CCc2ccc(C(C)(C)C)cc2)cc1O. The standard InChI is InChI=1S/C20H25NO3/c1-20(2,3)15-8-5-14(6-9-15)7-12-19(23)21-16-10-11-18(24-4)17(22)13-16/h5-6,8-11,13,22H,7,12H2,1-4H3,(H,21,23). The van der Waals surface area contributed by atoms with E-state index in [1.54, 1.807) is 12.1 Å². The summed E-state index contributed by atoms with van der Waals surface area (Å²) in [6.45, 7) is 6.54. The number of phenols is 1. The minimum atomic E-state index is -0.0838. The molecule has 0 aliphatic heterocycles. The molecule has 0 saturated heterocycles. The van der Waals surface area contributed by atoms with Crippen molar-refractivity contribution in [2.75, 3.05) is 12.4 Å². The highest BCUT2D eigenvalue weighted by Gasteiger charge is 2.13. The van der Waals surface area contributed by atoms with Crippen LogP contribution in [0.25, 0.3) is 0 Å². The summed E-state index contributed by atoms with van der Waals surface area (Å²) < 4.78 is 4.98. The quantitative estimate of drug-likeness (QED) is 0.862. The van der Waals surface area contributed by atoms with Crippen molar-refractivity contribution in [2.24, 2.45) is 0 Å². The van der Waals surface area contributed by atoms with Gasteiger partial charge in [-0.1, -0.05) is 45.0 Å². The molecule has 0 unspecified atom stereocenters. The maximum absolute atomic E-state index is 12.1. The zero-order valence-electron chi connectivity index (χ0n) is 14.7. The van der Waals surface area contributed by atoms with E-state index in [-0.39, 0.29) is 17.1 Å². The Morgan fingerprint density at radius 3 is 2.33 bits per heavy atom. The van der Waals surface area contributed by atoms with E-state index in [2.05, 4.69) is 50.4 Å². The molecule has 0 spiro atoms. The summed E-state index contributed by atoms with van der Waals surface area (Å²) in [5.74, 6) is 0.305. The number of rotatable bonds is 5. The number of anilines is 1. The van der Waals surface area contributed by atoms with Crippen molar-refractivity contribution in [3.05, 3.63) is 53.6 Å². The van der Waals surface area contributed by atoms with E-state index < -0.39 is 0 Å². The summed E-state index contributed by atoms with van der Waals surface area (Å²) in [6.07, 6.45) is 1.07. The van der Waals surface area contributed by atoms with Crippen LogP contribution in [0.2, 0.25) is 0 Å². The van der Waals surface area contributed by atoms with Gasteiger partial charge in [-0.3, -0.25) is 4.79 Å². The van der Waals surface area contributed by atoms with Gasteiger partial charge in [0, 0.05) is 18.2 Å². The zero-order chi connectivity index (χ0) is 17.7. The van der Waals surface area contributed by atoms with Crippen molar-refractivity contribution in [1.82, 2.24) is 0 Å². The second kappa shape index (κ2) is 7.39. The number of hydrogen-bond acceptors (Lipinski definition) is 3. The lowest BCUT2D eigenvalue weighted by atomic mass is 9.86. The second-order valence-corrected chi connectivity index (χ2v) is 6.88. The number of hydrogen-bond donors (Lipinski definition) is 2. The zero-order valence-corrected chi connectivity index (χ0v) is 14.7. The molecule has 0 radical (unpaired) electrons. The molecule has 2 rings (SSSR count). The number of carbonyl (C=O) groups excluding carboxylic acids is 1. The number of benzene rings is 2. The van der Waals surface area contributed by atoms with Crippen LogP contribution in [0.4, 0.5) is 5.69 Å². The lowest BCUT2D eigenvalue weighted by molar-refractivity contribution is -0.116. The van der Waals surface area contributed by atoms with Crippen LogP contribution in [0, 0.1) is 0 Å². The Balaban J connectivity index is 1.90. The number of methoxy groups -OCH3 is 1. The third-order valence-corrected chi connectivity index (χ3v) is 3.92. The van der Waals surface area contributed by atoms with E-state index >= 15 is 0 Å². The number of ether oxygens (including phenoxy) is 1. The van der Waals surface area contributed by atoms with E-state index in [9.17, 15) is 9.90 Å². The molecule has 0 saturated carbocycles. The smallest absolute Gasteiger partial charge is 0.224 e. The largest absolute Gasteiger partial charge is 0.504 e. The Kier molecular flexibility index (Phi) is 5.50. The van der Waals surface area contributed by atoms with E-state index in [0.29, 0.717) is 24.3 Å². The highest BCUT2D eigenvalue weighted by Crippen LogP contribution is 2.28. The summed E-state index contributed by atoms with van der Waals surface area (Å²) in [6, 6.07) is 13.2. The van der Waals surface area contributed by atoms with E-state index in [1.165, 1.54) is 18.7 Å². The number of aromatic hydroxyl groups is 1. The summed E-state index contributed by atoms with van der Waals surface area (Å²) in [5.41, 5.74) is 3.10. The van der Waals surface area contributed by atoms with Gasteiger partial charge >= 0.3 is 0 Å². The third kappa shape index (κ3) is 4.75. The number of nitrogens with one attached hydrogen (secondary N) is 1. The molecule has 4 heteroatoms. The molecule has 0 fully saturated rings. The topological polar surface area (TPSA) is 58.6 Å². The van der Waals surface area contributed by atoms with E-state index in [0.717, 1.165) is 5.56 Å². The predicted octanol–water partition coefficient (Wildman–Crippen LogP) is 4.27. The summed E-state index contributed by atoms with van der Waals surface area (Å²) in [7, 11) is 1.48. The van der Waals surface area contributed by atoms with E-state index in [1.807, 2.05) is 0 Å². The summed E-state index contributed by atoms with van der Waals surface area (Å²) >= 11 is 0. The lowest BCUT2D eigenvalue weighted by Gasteiger charge is -2.19. The average Bonchev–Trinajstić information content (AvgIpc) is 2.53. The molecule has 0 atom stereocenters.